The van der Waals surface area contributed by atoms with E-state index in [1.54, 1.807) is 12.1 Å². The second-order valence-corrected chi connectivity index (χ2v) is 5.01. The largest absolute Gasteiger partial charge is 0.475 e. The van der Waals surface area contributed by atoms with Crippen molar-refractivity contribution in [3.05, 3.63) is 29.8 Å². The Bertz CT molecular complexity index is 414. The van der Waals surface area contributed by atoms with Gasteiger partial charge in [-0.25, -0.2) is 0 Å². The molecule has 0 aromatic heterocycles. The number of rotatable bonds is 5. The Labute approximate surface area is 115 Å². The molecule has 1 aromatic rings. The van der Waals surface area contributed by atoms with Crippen LogP contribution >= 0.6 is 0 Å². The summed E-state index contributed by atoms with van der Waals surface area (Å²) in [6.07, 6.45) is 1.88. The molecule has 19 heavy (non-hydrogen) atoms. The van der Waals surface area contributed by atoms with Gasteiger partial charge in [0.05, 0.1) is 0 Å². The van der Waals surface area contributed by atoms with Crippen LogP contribution in [0.25, 0.3) is 0 Å². The first-order valence-electron chi connectivity index (χ1n) is 6.87. The lowest BCUT2D eigenvalue weighted by molar-refractivity contribution is -0.00528. The minimum absolute atomic E-state index is 0.0932. The van der Waals surface area contributed by atoms with E-state index in [2.05, 4.69) is 23.8 Å². The van der Waals surface area contributed by atoms with Crippen LogP contribution in [-0.2, 0) is 0 Å². The lowest BCUT2D eigenvalue weighted by atomic mass is 10.2. The van der Waals surface area contributed by atoms with E-state index in [1.807, 2.05) is 12.1 Å². The molecule has 1 atom stereocenters. The molecular formula is C15H22N2O2. The molecule has 4 heteroatoms. The smallest absolute Gasteiger partial charge is 0.152 e. The number of nitrogens with zero attached hydrogens (tertiary/aromatic N) is 2. The minimum Gasteiger partial charge on any atom is -0.475 e. The van der Waals surface area contributed by atoms with E-state index in [9.17, 15) is 4.79 Å². The third kappa shape index (κ3) is 3.78. The van der Waals surface area contributed by atoms with Crippen molar-refractivity contribution < 1.29 is 9.53 Å². The standard InChI is InChI=1S/C15H22N2O2/c1-3-15(17-9-7-16(2)8-10-17)19-14-6-4-5-13(11-14)12-18/h4-6,11-12,15H,3,7-10H2,1-2H3. The molecule has 1 heterocycles. The maximum Gasteiger partial charge on any atom is 0.152 e. The Morgan fingerprint density at radius 1 is 1.32 bits per heavy atom. The molecule has 1 aromatic carbocycles. The Morgan fingerprint density at radius 3 is 2.68 bits per heavy atom. The maximum absolute atomic E-state index is 10.8. The van der Waals surface area contributed by atoms with Crippen LogP contribution in [0.1, 0.15) is 23.7 Å². The van der Waals surface area contributed by atoms with Crippen LogP contribution in [0.2, 0.25) is 0 Å². The molecular weight excluding hydrogens is 240 g/mol. The predicted molar refractivity (Wildman–Crippen MR) is 75.6 cm³/mol. The van der Waals surface area contributed by atoms with Gasteiger partial charge in [0.15, 0.2) is 6.23 Å². The third-order valence-corrected chi connectivity index (χ3v) is 3.56. The number of likely N-dealkylation sites (N-methyl/N-ethyl adjacent to an activating group) is 1. The molecule has 0 amide bonds. The molecule has 104 valence electrons. The van der Waals surface area contributed by atoms with Crippen LogP contribution in [0.15, 0.2) is 24.3 Å². The second kappa shape index (κ2) is 6.68. The number of hydrogen-bond donors (Lipinski definition) is 0. The number of ether oxygens (including phenoxy) is 1. The number of carbonyl (C=O) groups is 1. The molecule has 0 N–H and O–H groups in total. The number of piperazine rings is 1. The van der Waals surface area contributed by atoms with Crippen LogP contribution in [0.3, 0.4) is 0 Å². The summed E-state index contributed by atoms with van der Waals surface area (Å²) < 4.78 is 6.03. The Hall–Kier alpha value is -1.39. The van der Waals surface area contributed by atoms with Crippen LogP contribution in [0, 0.1) is 0 Å². The first-order valence-corrected chi connectivity index (χ1v) is 6.87. The van der Waals surface area contributed by atoms with Gasteiger partial charge < -0.3 is 9.64 Å². The predicted octanol–water partition coefficient (Wildman–Crippen LogP) is 1.86. The highest BCUT2D eigenvalue weighted by atomic mass is 16.5. The number of carbonyl (C=O) groups excluding carboxylic acids is 1. The van der Waals surface area contributed by atoms with Gasteiger partial charge in [-0.3, -0.25) is 9.69 Å². The maximum atomic E-state index is 10.8. The molecule has 0 spiro atoms. The van der Waals surface area contributed by atoms with Crippen molar-refractivity contribution in [1.29, 1.82) is 0 Å². The molecule has 4 nitrogen and oxygen atoms in total. The normalized spacial score (nSPS) is 19.1. The molecule has 0 radical (unpaired) electrons. The summed E-state index contributed by atoms with van der Waals surface area (Å²) in [6, 6.07) is 7.35. The summed E-state index contributed by atoms with van der Waals surface area (Å²) in [5.74, 6) is 0.773. The molecule has 1 aliphatic rings. The van der Waals surface area contributed by atoms with E-state index in [0.717, 1.165) is 44.6 Å². The van der Waals surface area contributed by atoms with Crippen molar-refractivity contribution in [1.82, 2.24) is 9.80 Å². The zero-order chi connectivity index (χ0) is 13.7. The van der Waals surface area contributed by atoms with Gasteiger partial charge in [0, 0.05) is 31.7 Å². The zero-order valence-electron chi connectivity index (χ0n) is 11.7. The highest BCUT2D eigenvalue weighted by Crippen LogP contribution is 2.18. The van der Waals surface area contributed by atoms with Crippen molar-refractivity contribution >= 4 is 6.29 Å². The first kappa shape index (κ1) is 14.0. The average molecular weight is 262 g/mol. The van der Waals surface area contributed by atoms with Crippen LogP contribution < -0.4 is 4.74 Å². The van der Waals surface area contributed by atoms with Crippen molar-refractivity contribution in [2.75, 3.05) is 33.2 Å². The van der Waals surface area contributed by atoms with Gasteiger partial charge in [0.1, 0.15) is 12.0 Å². The van der Waals surface area contributed by atoms with E-state index in [1.165, 1.54) is 0 Å². The first-order chi connectivity index (χ1) is 9.22. The Kier molecular flexibility index (Phi) is 4.93. The van der Waals surface area contributed by atoms with Gasteiger partial charge >= 0.3 is 0 Å². The van der Waals surface area contributed by atoms with Crippen LogP contribution in [0.5, 0.6) is 5.75 Å². The third-order valence-electron chi connectivity index (χ3n) is 3.56. The minimum atomic E-state index is 0.0932. The topological polar surface area (TPSA) is 32.8 Å². The lowest BCUT2D eigenvalue weighted by Gasteiger charge is -2.37. The van der Waals surface area contributed by atoms with Crippen LogP contribution in [-0.4, -0.2) is 55.5 Å². The summed E-state index contributed by atoms with van der Waals surface area (Å²) in [5, 5.41) is 0. The monoisotopic (exact) mass is 262 g/mol. The van der Waals surface area contributed by atoms with Crippen LogP contribution in [0.4, 0.5) is 0 Å². The van der Waals surface area contributed by atoms with Crippen molar-refractivity contribution in [3.63, 3.8) is 0 Å². The number of benzene rings is 1. The second-order valence-electron chi connectivity index (χ2n) is 5.01. The van der Waals surface area contributed by atoms with Crippen molar-refractivity contribution in [2.24, 2.45) is 0 Å². The zero-order valence-corrected chi connectivity index (χ0v) is 11.7. The molecule has 1 fully saturated rings. The summed E-state index contributed by atoms with van der Waals surface area (Å²) in [4.78, 5) is 15.5. The molecule has 0 saturated carbocycles. The molecule has 0 bridgehead atoms. The summed E-state index contributed by atoms with van der Waals surface area (Å²) in [7, 11) is 2.15. The Morgan fingerprint density at radius 2 is 2.05 bits per heavy atom. The van der Waals surface area contributed by atoms with E-state index >= 15 is 0 Å². The van der Waals surface area contributed by atoms with Gasteiger partial charge in [-0.15, -0.1) is 0 Å². The lowest BCUT2D eigenvalue weighted by Crippen LogP contribution is -2.50. The van der Waals surface area contributed by atoms with Gasteiger partial charge in [-0.1, -0.05) is 19.1 Å². The van der Waals surface area contributed by atoms with Crippen molar-refractivity contribution in [3.8, 4) is 5.75 Å². The van der Waals surface area contributed by atoms with E-state index in [4.69, 9.17) is 4.74 Å². The molecule has 1 saturated heterocycles. The fourth-order valence-electron chi connectivity index (χ4n) is 2.34. The highest BCUT2D eigenvalue weighted by molar-refractivity contribution is 5.75. The summed E-state index contributed by atoms with van der Waals surface area (Å²) >= 11 is 0. The van der Waals surface area contributed by atoms with E-state index in [0.29, 0.717) is 5.56 Å². The molecule has 2 rings (SSSR count). The quantitative estimate of drug-likeness (QED) is 0.758. The molecule has 1 aliphatic heterocycles. The summed E-state index contributed by atoms with van der Waals surface area (Å²) in [5.41, 5.74) is 0.658. The van der Waals surface area contributed by atoms with Crippen molar-refractivity contribution in [2.45, 2.75) is 19.6 Å². The van der Waals surface area contributed by atoms with Gasteiger partial charge in [-0.05, 0) is 25.6 Å². The fourth-order valence-corrected chi connectivity index (χ4v) is 2.34. The Balaban J connectivity index is 1.99. The highest BCUT2D eigenvalue weighted by Gasteiger charge is 2.22. The molecule has 0 aliphatic carbocycles. The van der Waals surface area contributed by atoms with E-state index < -0.39 is 0 Å². The average Bonchev–Trinajstić information content (AvgIpc) is 2.46. The number of aldehydes is 1. The van der Waals surface area contributed by atoms with Gasteiger partial charge in [0.2, 0.25) is 0 Å². The van der Waals surface area contributed by atoms with Gasteiger partial charge in [0.25, 0.3) is 0 Å². The molecule has 1 unspecified atom stereocenters. The summed E-state index contributed by atoms with van der Waals surface area (Å²) in [6.45, 7) is 6.35. The SMILES string of the molecule is CCC(Oc1cccc(C=O)c1)N1CCN(C)CC1. The van der Waals surface area contributed by atoms with Gasteiger partial charge in [-0.2, -0.15) is 0 Å². The van der Waals surface area contributed by atoms with E-state index in [-0.39, 0.29) is 6.23 Å². The fraction of sp³-hybridized carbons (Fsp3) is 0.533. The number of hydrogen-bond acceptors (Lipinski definition) is 4.